The van der Waals surface area contributed by atoms with E-state index in [0.717, 1.165) is 38.4 Å². The molecule has 0 spiro atoms. The van der Waals surface area contributed by atoms with Crippen molar-refractivity contribution >= 4 is 17.3 Å². The first kappa shape index (κ1) is 13.7. The van der Waals surface area contributed by atoms with E-state index in [0.29, 0.717) is 11.3 Å². The zero-order valence-electron chi connectivity index (χ0n) is 11.6. The van der Waals surface area contributed by atoms with E-state index < -0.39 is 0 Å². The first-order valence-corrected chi connectivity index (χ1v) is 6.61. The molecule has 1 aliphatic rings. The number of carbonyl (C=O) groups excluding carboxylic acids is 1. The summed E-state index contributed by atoms with van der Waals surface area (Å²) < 4.78 is 4.83. The number of piperazine rings is 1. The van der Waals surface area contributed by atoms with E-state index in [1.807, 2.05) is 6.07 Å². The minimum atomic E-state index is -0.312. The molecule has 1 heterocycles. The summed E-state index contributed by atoms with van der Waals surface area (Å²) >= 11 is 0. The molecule has 0 radical (unpaired) electrons. The van der Waals surface area contributed by atoms with Crippen LogP contribution in [0.4, 0.5) is 11.4 Å². The van der Waals surface area contributed by atoms with E-state index in [1.165, 1.54) is 7.11 Å². The molecule has 0 bridgehead atoms. The molecule has 19 heavy (non-hydrogen) atoms. The summed E-state index contributed by atoms with van der Waals surface area (Å²) in [6, 6.07) is 5.33. The third kappa shape index (κ3) is 2.98. The van der Waals surface area contributed by atoms with Gasteiger partial charge in [0.2, 0.25) is 0 Å². The molecule has 1 aromatic carbocycles. The average molecular weight is 263 g/mol. The van der Waals surface area contributed by atoms with Gasteiger partial charge in [0.05, 0.1) is 18.4 Å². The number of nitrogens with zero attached hydrogens (tertiary/aromatic N) is 2. The minimum absolute atomic E-state index is 0.312. The number of hydrogen-bond acceptors (Lipinski definition) is 5. The van der Waals surface area contributed by atoms with Crippen molar-refractivity contribution < 1.29 is 9.53 Å². The summed E-state index contributed by atoms with van der Waals surface area (Å²) in [5, 5.41) is 0. The molecule has 0 aliphatic carbocycles. The number of ether oxygens (including phenoxy) is 1. The number of rotatable bonds is 3. The Kier molecular flexibility index (Phi) is 4.27. The largest absolute Gasteiger partial charge is 0.465 e. The number of nitrogens with two attached hydrogens (primary N) is 1. The summed E-state index contributed by atoms with van der Waals surface area (Å²) in [6.45, 7) is 7.05. The lowest BCUT2D eigenvalue weighted by Crippen LogP contribution is -2.46. The van der Waals surface area contributed by atoms with Crippen molar-refractivity contribution in [3.05, 3.63) is 23.8 Å². The number of benzene rings is 1. The molecule has 0 saturated carbocycles. The fourth-order valence-electron chi connectivity index (χ4n) is 2.40. The lowest BCUT2D eigenvalue weighted by molar-refractivity contribution is 0.0601. The molecule has 0 atom stereocenters. The van der Waals surface area contributed by atoms with Crippen molar-refractivity contribution in [3.63, 3.8) is 0 Å². The number of nitrogen functional groups attached to an aromatic ring is 1. The molecule has 5 heteroatoms. The van der Waals surface area contributed by atoms with Gasteiger partial charge in [-0.2, -0.15) is 0 Å². The van der Waals surface area contributed by atoms with Gasteiger partial charge in [0.25, 0.3) is 0 Å². The minimum Gasteiger partial charge on any atom is -0.465 e. The van der Waals surface area contributed by atoms with Crippen LogP contribution in [-0.2, 0) is 4.74 Å². The normalized spacial score (nSPS) is 16.4. The van der Waals surface area contributed by atoms with Crippen molar-refractivity contribution in [1.82, 2.24) is 4.90 Å². The maximum absolute atomic E-state index is 11.8. The number of anilines is 2. The average Bonchev–Trinajstić information content (AvgIpc) is 2.46. The predicted octanol–water partition coefficient (Wildman–Crippen LogP) is 1.20. The molecular formula is C14H21N3O2. The summed E-state index contributed by atoms with van der Waals surface area (Å²) in [4.78, 5) is 16.4. The lowest BCUT2D eigenvalue weighted by atomic mass is 10.1. The molecule has 0 amide bonds. The Morgan fingerprint density at radius 2 is 2.00 bits per heavy atom. The highest BCUT2D eigenvalue weighted by atomic mass is 16.5. The standard InChI is InChI=1S/C14H21N3O2/c1-3-16-6-8-17(9-7-16)13-10-11(15)4-5-12(13)14(18)19-2/h4-5,10H,3,6-9,15H2,1-2H3. The van der Waals surface area contributed by atoms with Crippen LogP contribution in [0.2, 0.25) is 0 Å². The molecule has 0 aromatic heterocycles. The van der Waals surface area contributed by atoms with Gasteiger partial charge < -0.3 is 20.3 Å². The second kappa shape index (κ2) is 5.93. The summed E-state index contributed by atoms with van der Waals surface area (Å²) in [6.07, 6.45) is 0. The van der Waals surface area contributed by atoms with E-state index in [-0.39, 0.29) is 5.97 Å². The zero-order chi connectivity index (χ0) is 13.8. The van der Waals surface area contributed by atoms with Crippen LogP contribution in [0.3, 0.4) is 0 Å². The Morgan fingerprint density at radius 3 is 2.58 bits per heavy atom. The number of esters is 1. The second-order valence-electron chi connectivity index (χ2n) is 4.69. The monoisotopic (exact) mass is 263 g/mol. The van der Waals surface area contributed by atoms with Crippen molar-refractivity contribution in [1.29, 1.82) is 0 Å². The molecule has 5 nitrogen and oxygen atoms in total. The first-order chi connectivity index (χ1) is 9.15. The van der Waals surface area contributed by atoms with Crippen LogP contribution in [0.5, 0.6) is 0 Å². The molecule has 1 aliphatic heterocycles. The lowest BCUT2D eigenvalue weighted by Gasteiger charge is -2.36. The fraction of sp³-hybridized carbons (Fsp3) is 0.500. The second-order valence-corrected chi connectivity index (χ2v) is 4.69. The van der Waals surface area contributed by atoms with Gasteiger partial charge in [0.15, 0.2) is 0 Å². The third-order valence-corrected chi connectivity index (χ3v) is 3.59. The first-order valence-electron chi connectivity index (χ1n) is 6.61. The van der Waals surface area contributed by atoms with Crippen LogP contribution >= 0.6 is 0 Å². The van der Waals surface area contributed by atoms with Crippen LogP contribution in [0, 0.1) is 0 Å². The Morgan fingerprint density at radius 1 is 1.32 bits per heavy atom. The highest BCUT2D eigenvalue weighted by Gasteiger charge is 2.21. The van der Waals surface area contributed by atoms with Gasteiger partial charge in [0, 0.05) is 31.9 Å². The summed E-state index contributed by atoms with van der Waals surface area (Å²) in [7, 11) is 1.40. The molecule has 1 aromatic rings. The van der Waals surface area contributed by atoms with Gasteiger partial charge in [-0.05, 0) is 24.7 Å². The highest BCUT2D eigenvalue weighted by molar-refractivity contribution is 5.96. The van der Waals surface area contributed by atoms with Crippen molar-refractivity contribution in [3.8, 4) is 0 Å². The van der Waals surface area contributed by atoms with Gasteiger partial charge >= 0.3 is 5.97 Å². The van der Waals surface area contributed by atoms with E-state index in [9.17, 15) is 4.79 Å². The summed E-state index contributed by atoms with van der Waals surface area (Å²) in [5.74, 6) is -0.312. The number of hydrogen-bond donors (Lipinski definition) is 1. The van der Waals surface area contributed by atoms with Gasteiger partial charge in [-0.1, -0.05) is 6.92 Å². The highest BCUT2D eigenvalue weighted by Crippen LogP contribution is 2.25. The number of likely N-dealkylation sites (N-methyl/N-ethyl adjacent to an activating group) is 1. The van der Waals surface area contributed by atoms with Crippen LogP contribution in [-0.4, -0.2) is 50.7 Å². The van der Waals surface area contributed by atoms with Crippen molar-refractivity contribution in [2.75, 3.05) is 50.5 Å². The van der Waals surface area contributed by atoms with E-state index in [2.05, 4.69) is 16.7 Å². The molecule has 2 rings (SSSR count). The Balaban J connectivity index is 2.23. The van der Waals surface area contributed by atoms with Crippen LogP contribution < -0.4 is 10.6 Å². The smallest absolute Gasteiger partial charge is 0.339 e. The van der Waals surface area contributed by atoms with Gasteiger partial charge in [-0.25, -0.2) is 4.79 Å². The van der Waals surface area contributed by atoms with E-state index >= 15 is 0 Å². The molecule has 1 saturated heterocycles. The fourth-order valence-corrected chi connectivity index (χ4v) is 2.40. The van der Waals surface area contributed by atoms with Crippen LogP contribution in [0.25, 0.3) is 0 Å². The Hall–Kier alpha value is -1.75. The molecular weight excluding hydrogens is 242 g/mol. The van der Waals surface area contributed by atoms with Crippen LogP contribution in [0.1, 0.15) is 17.3 Å². The van der Waals surface area contributed by atoms with E-state index in [1.54, 1.807) is 12.1 Å². The van der Waals surface area contributed by atoms with Crippen LogP contribution in [0.15, 0.2) is 18.2 Å². The summed E-state index contributed by atoms with van der Waals surface area (Å²) in [5.41, 5.74) is 7.97. The predicted molar refractivity (Wildman–Crippen MR) is 76.5 cm³/mol. The topological polar surface area (TPSA) is 58.8 Å². The molecule has 104 valence electrons. The SMILES string of the molecule is CCN1CCN(c2cc(N)ccc2C(=O)OC)CC1. The Bertz CT molecular complexity index is 454. The Labute approximate surface area is 113 Å². The number of methoxy groups -OCH3 is 1. The number of carbonyl (C=O) groups is 1. The van der Waals surface area contributed by atoms with Crippen molar-refractivity contribution in [2.45, 2.75) is 6.92 Å². The zero-order valence-corrected chi connectivity index (χ0v) is 11.6. The maximum Gasteiger partial charge on any atom is 0.339 e. The van der Waals surface area contributed by atoms with Gasteiger partial charge in [0.1, 0.15) is 0 Å². The van der Waals surface area contributed by atoms with Gasteiger partial charge in [-0.15, -0.1) is 0 Å². The molecule has 1 fully saturated rings. The van der Waals surface area contributed by atoms with Crippen molar-refractivity contribution in [2.24, 2.45) is 0 Å². The van der Waals surface area contributed by atoms with Gasteiger partial charge in [-0.3, -0.25) is 0 Å². The molecule has 2 N–H and O–H groups in total. The third-order valence-electron chi connectivity index (χ3n) is 3.59. The van der Waals surface area contributed by atoms with E-state index in [4.69, 9.17) is 10.5 Å². The maximum atomic E-state index is 11.8. The quantitative estimate of drug-likeness (QED) is 0.656. The molecule has 0 unspecified atom stereocenters.